The van der Waals surface area contributed by atoms with Crippen molar-refractivity contribution in [2.45, 2.75) is 26.8 Å². The number of hydrogen-bond acceptors (Lipinski definition) is 3. The molecule has 0 aliphatic heterocycles. The van der Waals surface area contributed by atoms with Gasteiger partial charge in [-0.1, -0.05) is 6.07 Å². The minimum Gasteiger partial charge on any atom is -0.331 e. The molecule has 0 saturated carbocycles. The zero-order valence-electron chi connectivity index (χ0n) is 14.6. The van der Waals surface area contributed by atoms with Gasteiger partial charge in [-0.05, 0) is 49.2 Å². The fraction of sp³-hybridized carbons (Fsp3) is 0.278. The molecule has 132 valence electrons. The van der Waals surface area contributed by atoms with Crippen molar-refractivity contribution in [1.29, 1.82) is 0 Å². The van der Waals surface area contributed by atoms with Crippen LogP contribution in [-0.2, 0) is 4.79 Å². The zero-order chi connectivity index (χ0) is 18.6. The highest BCUT2D eigenvalue weighted by Gasteiger charge is 2.13. The first kappa shape index (κ1) is 18.4. The molecule has 0 aliphatic carbocycles. The third-order valence-electron chi connectivity index (χ3n) is 3.87. The van der Waals surface area contributed by atoms with Crippen LogP contribution in [0.2, 0.25) is 0 Å². The minimum atomic E-state index is -0.398. The van der Waals surface area contributed by atoms with E-state index in [2.05, 4.69) is 15.6 Å². The van der Waals surface area contributed by atoms with E-state index in [9.17, 15) is 14.0 Å². The summed E-state index contributed by atoms with van der Waals surface area (Å²) in [7, 11) is 1.62. The van der Waals surface area contributed by atoms with Gasteiger partial charge in [-0.2, -0.15) is 0 Å². The molecule has 3 amide bonds. The molecule has 0 saturated heterocycles. The molecule has 1 aromatic carbocycles. The standard InChI is InChI=1S/C18H21FN4O2/c1-11-9-14(19)5-7-16(11)12(2)21-18(25)22-15-6-8-17(20-10-15)23(4)13(3)24/h5-10,12H,1-4H3,(H2,21,22,25)/t12-/m1/s1. The van der Waals surface area contributed by atoms with Gasteiger partial charge < -0.3 is 15.5 Å². The van der Waals surface area contributed by atoms with Crippen LogP contribution >= 0.6 is 0 Å². The highest BCUT2D eigenvalue weighted by Crippen LogP contribution is 2.19. The molecule has 0 fully saturated rings. The van der Waals surface area contributed by atoms with Crippen LogP contribution in [0.4, 0.5) is 20.7 Å². The average Bonchev–Trinajstić information content (AvgIpc) is 2.54. The van der Waals surface area contributed by atoms with Gasteiger partial charge in [0.05, 0.1) is 17.9 Å². The van der Waals surface area contributed by atoms with Crippen LogP contribution in [0.5, 0.6) is 0 Å². The van der Waals surface area contributed by atoms with Crippen LogP contribution in [0.3, 0.4) is 0 Å². The smallest absolute Gasteiger partial charge is 0.319 e. The number of carbonyl (C=O) groups excluding carboxylic acids is 2. The van der Waals surface area contributed by atoms with Crippen LogP contribution in [0.25, 0.3) is 0 Å². The van der Waals surface area contributed by atoms with E-state index in [0.717, 1.165) is 11.1 Å². The molecule has 1 heterocycles. The second-order valence-corrected chi connectivity index (χ2v) is 5.80. The third-order valence-corrected chi connectivity index (χ3v) is 3.87. The van der Waals surface area contributed by atoms with Crippen molar-refractivity contribution >= 4 is 23.4 Å². The number of amides is 3. The average molecular weight is 344 g/mol. The van der Waals surface area contributed by atoms with Crippen molar-refractivity contribution in [2.75, 3.05) is 17.3 Å². The van der Waals surface area contributed by atoms with Crippen LogP contribution in [0.1, 0.15) is 31.0 Å². The predicted molar refractivity (Wildman–Crippen MR) is 95.0 cm³/mol. The first-order chi connectivity index (χ1) is 11.8. The molecular weight excluding hydrogens is 323 g/mol. The zero-order valence-corrected chi connectivity index (χ0v) is 14.6. The van der Waals surface area contributed by atoms with Gasteiger partial charge in [0, 0.05) is 14.0 Å². The van der Waals surface area contributed by atoms with E-state index in [1.54, 1.807) is 32.2 Å². The lowest BCUT2D eigenvalue weighted by Crippen LogP contribution is -2.31. The summed E-state index contributed by atoms with van der Waals surface area (Å²) in [6.45, 7) is 5.06. The molecule has 2 N–H and O–H groups in total. The Balaban J connectivity index is 1.99. The van der Waals surface area contributed by atoms with Gasteiger partial charge in [0.25, 0.3) is 0 Å². The van der Waals surface area contributed by atoms with E-state index in [1.807, 2.05) is 6.92 Å². The lowest BCUT2D eigenvalue weighted by Gasteiger charge is -2.17. The molecule has 2 aromatic rings. The molecule has 0 unspecified atom stereocenters. The Morgan fingerprint density at radius 2 is 1.96 bits per heavy atom. The number of carbonyl (C=O) groups is 2. The summed E-state index contributed by atoms with van der Waals surface area (Å²) in [5.74, 6) is 0.0582. The number of nitrogens with zero attached hydrogens (tertiary/aromatic N) is 2. The highest BCUT2D eigenvalue weighted by molar-refractivity contribution is 5.91. The Morgan fingerprint density at radius 3 is 2.52 bits per heavy atom. The topological polar surface area (TPSA) is 74.3 Å². The Morgan fingerprint density at radius 1 is 1.24 bits per heavy atom. The summed E-state index contributed by atoms with van der Waals surface area (Å²) in [5.41, 5.74) is 2.11. The van der Waals surface area contributed by atoms with Crippen LogP contribution in [0, 0.1) is 12.7 Å². The van der Waals surface area contributed by atoms with E-state index in [-0.39, 0.29) is 17.8 Å². The number of halogens is 1. The summed E-state index contributed by atoms with van der Waals surface area (Å²) in [4.78, 5) is 28.9. The predicted octanol–water partition coefficient (Wildman–Crippen LogP) is 3.39. The van der Waals surface area contributed by atoms with E-state index < -0.39 is 6.03 Å². The van der Waals surface area contributed by atoms with Crippen LogP contribution < -0.4 is 15.5 Å². The summed E-state index contributed by atoms with van der Waals surface area (Å²) in [5, 5.41) is 5.47. The van der Waals surface area contributed by atoms with Gasteiger partial charge in [0.1, 0.15) is 11.6 Å². The largest absolute Gasteiger partial charge is 0.331 e. The van der Waals surface area contributed by atoms with Crippen molar-refractivity contribution in [2.24, 2.45) is 0 Å². The second-order valence-electron chi connectivity index (χ2n) is 5.80. The summed E-state index contributed by atoms with van der Waals surface area (Å²) in [6.07, 6.45) is 1.47. The van der Waals surface area contributed by atoms with Gasteiger partial charge >= 0.3 is 6.03 Å². The summed E-state index contributed by atoms with van der Waals surface area (Å²) >= 11 is 0. The van der Waals surface area contributed by atoms with E-state index in [4.69, 9.17) is 0 Å². The molecule has 1 atom stereocenters. The molecule has 0 radical (unpaired) electrons. The SMILES string of the molecule is CC(=O)N(C)c1ccc(NC(=O)N[C@H](C)c2ccc(F)cc2C)cn1. The molecule has 6 nitrogen and oxygen atoms in total. The maximum Gasteiger partial charge on any atom is 0.319 e. The number of pyridine rings is 1. The first-order valence-electron chi connectivity index (χ1n) is 7.82. The van der Waals surface area contributed by atoms with Crippen LogP contribution in [0.15, 0.2) is 36.5 Å². The van der Waals surface area contributed by atoms with Crippen molar-refractivity contribution in [3.05, 3.63) is 53.5 Å². The van der Waals surface area contributed by atoms with Crippen molar-refractivity contribution < 1.29 is 14.0 Å². The molecule has 0 spiro atoms. The summed E-state index contributed by atoms with van der Waals surface area (Å²) < 4.78 is 13.2. The number of anilines is 2. The number of hydrogen-bond donors (Lipinski definition) is 2. The molecule has 2 rings (SSSR count). The molecule has 7 heteroatoms. The molecule has 0 aliphatic rings. The van der Waals surface area contributed by atoms with E-state index in [1.165, 1.54) is 30.2 Å². The Labute approximate surface area is 146 Å². The quantitative estimate of drug-likeness (QED) is 0.893. The van der Waals surface area contributed by atoms with Gasteiger partial charge in [-0.3, -0.25) is 4.79 Å². The maximum absolute atomic E-state index is 13.2. The van der Waals surface area contributed by atoms with Gasteiger partial charge in [-0.25, -0.2) is 14.2 Å². The molecular formula is C18H21FN4O2. The Bertz CT molecular complexity index is 777. The lowest BCUT2D eigenvalue weighted by atomic mass is 10.0. The van der Waals surface area contributed by atoms with E-state index >= 15 is 0 Å². The fourth-order valence-corrected chi connectivity index (χ4v) is 2.39. The van der Waals surface area contributed by atoms with Crippen molar-refractivity contribution in [3.8, 4) is 0 Å². The second kappa shape index (κ2) is 7.74. The highest BCUT2D eigenvalue weighted by atomic mass is 19.1. The van der Waals surface area contributed by atoms with Gasteiger partial charge in [0.2, 0.25) is 5.91 Å². The number of benzene rings is 1. The van der Waals surface area contributed by atoms with Gasteiger partial charge in [0.15, 0.2) is 0 Å². The third kappa shape index (κ3) is 4.76. The number of aryl methyl sites for hydroxylation is 1. The Hall–Kier alpha value is -2.96. The lowest BCUT2D eigenvalue weighted by molar-refractivity contribution is -0.116. The summed E-state index contributed by atoms with van der Waals surface area (Å²) in [6, 6.07) is 7.08. The first-order valence-corrected chi connectivity index (χ1v) is 7.82. The molecule has 25 heavy (non-hydrogen) atoms. The number of urea groups is 1. The molecule has 1 aromatic heterocycles. The van der Waals surface area contributed by atoms with E-state index in [0.29, 0.717) is 11.5 Å². The maximum atomic E-state index is 13.2. The van der Waals surface area contributed by atoms with Crippen LogP contribution in [-0.4, -0.2) is 24.0 Å². The number of aromatic nitrogens is 1. The molecule has 0 bridgehead atoms. The van der Waals surface area contributed by atoms with Gasteiger partial charge in [-0.15, -0.1) is 0 Å². The van der Waals surface area contributed by atoms with Crippen molar-refractivity contribution in [3.63, 3.8) is 0 Å². The Kier molecular flexibility index (Phi) is 5.69. The fourth-order valence-electron chi connectivity index (χ4n) is 2.39. The number of rotatable bonds is 4. The normalized spacial score (nSPS) is 11.6. The minimum absolute atomic E-state index is 0.130. The number of nitrogens with one attached hydrogen (secondary N) is 2. The monoisotopic (exact) mass is 344 g/mol. The van der Waals surface area contributed by atoms with Crippen molar-refractivity contribution in [1.82, 2.24) is 10.3 Å².